The average Bonchev–Trinajstić information content (AvgIpc) is 3.31. The van der Waals surface area contributed by atoms with E-state index in [4.69, 9.17) is 14.6 Å². The molecule has 1 aromatic heterocycles. The molecule has 0 saturated carbocycles. The maximum atomic E-state index is 13.7. The van der Waals surface area contributed by atoms with Gasteiger partial charge in [0.25, 0.3) is 5.91 Å². The number of halogens is 1. The molecule has 4 aromatic rings. The number of nitrogens with zero attached hydrogens (tertiary/aromatic N) is 4. The maximum Gasteiger partial charge on any atom is 0.254 e. The summed E-state index contributed by atoms with van der Waals surface area (Å²) in [4.78, 5) is 17.4. The van der Waals surface area contributed by atoms with Crippen LogP contribution >= 0.6 is 0 Å². The number of hydrogen-bond acceptors (Lipinski definition) is 5. The van der Waals surface area contributed by atoms with Crippen molar-refractivity contribution in [2.24, 2.45) is 0 Å². The minimum absolute atomic E-state index is 0.127. The van der Waals surface area contributed by atoms with Crippen molar-refractivity contribution < 1.29 is 18.7 Å². The van der Waals surface area contributed by atoms with Crippen LogP contribution in [-0.4, -0.2) is 62.1 Å². The van der Waals surface area contributed by atoms with Gasteiger partial charge in [-0.1, -0.05) is 30.3 Å². The number of anilines is 1. The Bertz CT molecular complexity index is 1320. The third-order valence-corrected chi connectivity index (χ3v) is 6.04. The predicted molar refractivity (Wildman–Crippen MR) is 143 cm³/mol. The van der Waals surface area contributed by atoms with Crippen LogP contribution in [0.3, 0.4) is 0 Å². The number of hydrogen-bond donors (Lipinski definition) is 0. The quantitative estimate of drug-likeness (QED) is 0.304. The molecule has 0 N–H and O–H groups in total. The molecule has 0 saturated heterocycles. The largest absolute Gasteiger partial charge is 0.497 e. The first kappa shape index (κ1) is 25.9. The van der Waals surface area contributed by atoms with E-state index in [1.54, 1.807) is 60.2 Å². The Morgan fingerprint density at radius 2 is 1.62 bits per heavy atom. The molecule has 0 fully saturated rings. The smallest absolute Gasteiger partial charge is 0.254 e. The summed E-state index contributed by atoms with van der Waals surface area (Å²) in [5.74, 6) is 1.04. The Kier molecular flexibility index (Phi) is 8.20. The minimum Gasteiger partial charge on any atom is -0.497 e. The van der Waals surface area contributed by atoms with Crippen LogP contribution in [0.15, 0.2) is 78.9 Å². The summed E-state index contributed by atoms with van der Waals surface area (Å²) in [6.45, 7) is 1.07. The SMILES string of the molecule is COCCN(Cc1c(-c2ccccc2)nn(-c2ccc(F)cc2)c1N(C)C)C(=O)c1ccc(OC)cc1. The molecule has 37 heavy (non-hydrogen) atoms. The van der Waals surface area contributed by atoms with Crippen LogP contribution in [-0.2, 0) is 11.3 Å². The number of carbonyl (C=O) groups excluding carboxylic acids is 1. The molecule has 0 aliphatic heterocycles. The summed E-state index contributed by atoms with van der Waals surface area (Å²) in [5.41, 5.74) is 3.82. The zero-order valence-electron chi connectivity index (χ0n) is 21.5. The zero-order valence-corrected chi connectivity index (χ0v) is 21.5. The molecule has 0 unspecified atom stereocenters. The van der Waals surface area contributed by atoms with Crippen molar-refractivity contribution in [2.45, 2.75) is 6.54 Å². The van der Waals surface area contributed by atoms with E-state index in [0.29, 0.717) is 31.0 Å². The van der Waals surface area contributed by atoms with Crippen LogP contribution in [0.4, 0.5) is 10.2 Å². The molecule has 8 heteroatoms. The van der Waals surface area contributed by atoms with Crippen molar-refractivity contribution in [3.8, 4) is 22.7 Å². The third-order valence-electron chi connectivity index (χ3n) is 6.04. The van der Waals surface area contributed by atoms with Crippen molar-refractivity contribution in [1.82, 2.24) is 14.7 Å². The molecule has 0 bridgehead atoms. The molecule has 0 atom stereocenters. The molecule has 0 spiro atoms. The molecule has 192 valence electrons. The van der Waals surface area contributed by atoms with Gasteiger partial charge in [0.15, 0.2) is 0 Å². The molecule has 7 nitrogen and oxygen atoms in total. The summed E-state index contributed by atoms with van der Waals surface area (Å²) in [5, 5.41) is 4.96. The summed E-state index contributed by atoms with van der Waals surface area (Å²) in [7, 11) is 7.07. The lowest BCUT2D eigenvalue weighted by Gasteiger charge is -2.25. The van der Waals surface area contributed by atoms with E-state index in [1.165, 1.54) is 12.1 Å². The molecule has 0 radical (unpaired) electrons. The van der Waals surface area contributed by atoms with Gasteiger partial charge in [-0.2, -0.15) is 5.10 Å². The van der Waals surface area contributed by atoms with Gasteiger partial charge in [0.1, 0.15) is 17.4 Å². The second kappa shape index (κ2) is 11.7. The molecule has 4 rings (SSSR count). The van der Waals surface area contributed by atoms with Gasteiger partial charge in [-0.15, -0.1) is 0 Å². The van der Waals surface area contributed by atoms with E-state index >= 15 is 0 Å². The predicted octanol–water partition coefficient (Wildman–Crippen LogP) is 5.04. The molecule has 3 aromatic carbocycles. The summed E-state index contributed by atoms with van der Waals surface area (Å²) in [6, 6.07) is 23.1. The minimum atomic E-state index is -0.318. The zero-order chi connectivity index (χ0) is 26.4. The van der Waals surface area contributed by atoms with E-state index in [2.05, 4.69) is 0 Å². The van der Waals surface area contributed by atoms with Crippen LogP contribution in [0.5, 0.6) is 5.75 Å². The molecule has 0 aliphatic carbocycles. The van der Waals surface area contributed by atoms with Crippen molar-refractivity contribution in [1.29, 1.82) is 0 Å². The number of methoxy groups -OCH3 is 2. The van der Waals surface area contributed by atoms with Crippen LogP contribution in [0.1, 0.15) is 15.9 Å². The number of benzene rings is 3. The van der Waals surface area contributed by atoms with E-state index in [9.17, 15) is 9.18 Å². The maximum absolute atomic E-state index is 13.7. The topological polar surface area (TPSA) is 59.8 Å². The number of ether oxygens (including phenoxy) is 2. The summed E-state index contributed by atoms with van der Waals surface area (Å²) in [6.07, 6.45) is 0. The number of aromatic nitrogens is 2. The number of carbonyl (C=O) groups is 1. The van der Waals surface area contributed by atoms with Crippen LogP contribution in [0.2, 0.25) is 0 Å². The molecular formula is C29H31FN4O3. The second-order valence-electron chi connectivity index (χ2n) is 8.75. The van der Waals surface area contributed by atoms with E-state index in [1.807, 2.05) is 49.3 Å². The Morgan fingerprint density at radius 1 is 0.946 bits per heavy atom. The van der Waals surface area contributed by atoms with Gasteiger partial charge < -0.3 is 19.3 Å². The first-order valence-corrected chi connectivity index (χ1v) is 12.0. The van der Waals surface area contributed by atoms with Gasteiger partial charge in [-0.05, 0) is 48.5 Å². The normalized spacial score (nSPS) is 10.8. The Morgan fingerprint density at radius 3 is 2.22 bits per heavy atom. The standard InChI is InChI=1S/C29H31FN4O3/c1-32(2)28-26(20-33(18-19-36-3)29(35)22-10-16-25(37-4)17-11-22)27(21-8-6-5-7-9-21)31-34(28)24-14-12-23(30)13-15-24/h5-17H,18-20H2,1-4H3. The van der Waals surface area contributed by atoms with Crippen LogP contribution < -0.4 is 9.64 Å². The molecule has 1 heterocycles. The Hall–Kier alpha value is -4.17. The monoisotopic (exact) mass is 502 g/mol. The van der Waals surface area contributed by atoms with Crippen LogP contribution in [0.25, 0.3) is 16.9 Å². The van der Waals surface area contributed by atoms with Gasteiger partial charge in [0.05, 0.1) is 31.6 Å². The van der Waals surface area contributed by atoms with Gasteiger partial charge >= 0.3 is 0 Å². The van der Waals surface area contributed by atoms with Crippen molar-refractivity contribution in [3.63, 3.8) is 0 Å². The fourth-order valence-corrected chi connectivity index (χ4v) is 4.20. The van der Waals surface area contributed by atoms with Gasteiger partial charge in [-0.25, -0.2) is 9.07 Å². The highest BCUT2D eigenvalue weighted by Crippen LogP contribution is 2.34. The van der Waals surface area contributed by atoms with Gasteiger partial charge in [0.2, 0.25) is 0 Å². The highest BCUT2D eigenvalue weighted by atomic mass is 19.1. The highest BCUT2D eigenvalue weighted by molar-refractivity contribution is 5.94. The second-order valence-corrected chi connectivity index (χ2v) is 8.75. The Balaban J connectivity index is 1.83. The van der Waals surface area contributed by atoms with Crippen molar-refractivity contribution >= 4 is 11.7 Å². The van der Waals surface area contributed by atoms with Crippen molar-refractivity contribution in [3.05, 3.63) is 95.8 Å². The number of rotatable bonds is 10. The van der Waals surface area contributed by atoms with Crippen LogP contribution in [0, 0.1) is 5.82 Å². The van der Waals surface area contributed by atoms with E-state index < -0.39 is 0 Å². The lowest BCUT2D eigenvalue weighted by molar-refractivity contribution is 0.0681. The third kappa shape index (κ3) is 5.81. The fourth-order valence-electron chi connectivity index (χ4n) is 4.20. The first-order valence-electron chi connectivity index (χ1n) is 12.0. The van der Waals surface area contributed by atoms with Crippen molar-refractivity contribution in [2.75, 3.05) is 46.4 Å². The fraction of sp³-hybridized carbons (Fsp3) is 0.241. The highest BCUT2D eigenvalue weighted by Gasteiger charge is 2.26. The van der Waals surface area contributed by atoms with E-state index in [-0.39, 0.29) is 11.7 Å². The van der Waals surface area contributed by atoms with Gasteiger partial charge in [-0.3, -0.25) is 4.79 Å². The lowest BCUT2D eigenvalue weighted by atomic mass is 10.1. The molecular weight excluding hydrogens is 471 g/mol. The van der Waals surface area contributed by atoms with Gasteiger partial charge in [0, 0.05) is 44.4 Å². The van der Waals surface area contributed by atoms with E-state index in [0.717, 1.165) is 28.3 Å². The molecule has 1 amide bonds. The Labute approximate surface area is 216 Å². The lowest BCUT2D eigenvalue weighted by Crippen LogP contribution is -2.34. The number of amides is 1. The summed E-state index contributed by atoms with van der Waals surface area (Å²) < 4.78 is 26.1. The first-order chi connectivity index (χ1) is 17.9. The average molecular weight is 503 g/mol. The molecule has 0 aliphatic rings. The summed E-state index contributed by atoms with van der Waals surface area (Å²) >= 11 is 0.